The first-order chi connectivity index (χ1) is 1.73. The summed E-state index contributed by atoms with van der Waals surface area (Å²) in [6.07, 6.45) is 0. The van der Waals surface area contributed by atoms with Crippen LogP contribution in [0.5, 0.6) is 0 Å². The molecule has 0 unspecified atom stereocenters. The van der Waals surface area contributed by atoms with Crippen molar-refractivity contribution in [1.82, 2.24) is 0 Å². The van der Waals surface area contributed by atoms with E-state index in [2.05, 4.69) is 0 Å². The standard InChI is InChI=1S/CF3.FH.HI.Mg/c2-1(3)4;;;/h;2*1H;/q-1;;;+2/p-1. The van der Waals surface area contributed by atoms with Gasteiger partial charge in [-0.05, 0) is 0 Å². The molecule has 6 heteroatoms. The Hall–Kier alpha value is 1.22. The molecule has 0 spiro atoms. The van der Waals surface area contributed by atoms with Gasteiger partial charge >= 0.3 is 23.1 Å². The van der Waals surface area contributed by atoms with Crippen LogP contribution in [0.3, 0.4) is 0 Å². The van der Waals surface area contributed by atoms with Gasteiger partial charge in [-0.1, -0.05) is 0 Å². The van der Waals surface area contributed by atoms with Gasteiger partial charge in [-0.3, -0.25) is 0 Å². The van der Waals surface area contributed by atoms with Crippen LogP contribution >= 0.6 is 24.0 Å². The Kier molecular flexibility index (Phi) is 53.9. The minimum atomic E-state index is -3.08. The van der Waals surface area contributed by atoms with E-state index in [1.54, 1.807) is 0 Å². The summed E-state index contributed by atoms with van der Waals surface area (Å²) < 4.78 is 28.8. The second kappa shape index (κ2) is 15.7. The summed E-state index contributed by atoms with van der Waals surface area (Å²) >= 11 is 0. The Bertz CT molecular complexity index is 16.4. The SMILES string of the molecule is F[C-](F)F.I.[F-].[Mg+2]. The fourth-order valence-corrected chi connectivity index (χ4v) is 0. The summed E-state index contributed by atoms with van der Waals surface area (Å²) in [5.41, 5.74) is 0. The first-order valence-corrected chi connectivity index (χ1v) is 0.567. The van der Waals surface area contributed by atoms with Crippen LogP contribution in [0.25, 0.3) is 0 Å². The van der Waals surface area contributed by atoms with E-state index < -0.39 is 6.68 Å². The molecule has 42 valence electrons. The zero-order chi connectivity index (χ0) is 3.58. The molecule has 0 amide bonds. The maximum absolute atomic E-state index is 9.58. The topological polar surface area (TPSA) is 0 Å². The van der Waals surface area contributed by atoms with Crippen LogP contribution in [0, 0.1) is 6.68 Å². The van der Waals surface area contributed by atoms with Gasteiger partial charge in [-0.25, -0.2) is 0 Å². The number of hydrogen-bond donors (Lipinski definition) is 0. The van der Waals surface area contributed by atoms with E-state index in [-0.39, 0.29) is 51.7 Å². The van der Waals surface area contributed by atoms with Gasteiger partial charge in [0.1, 0.15) is 0 Å². The Morgan fingerprint density at radius 3 is 1.00 bits per heavy atom. The molecule has 0 aliphatic heterocycles. The minimum absolute atomic E-state index is 0. The van der Waals surface area contributed by atoms with E-state index in [9.17, 15) is 13.2 Å². The van der Waals surface area contributed by atoms with Crippen LogP contribution in [0.4, 0.5) is 13.2 Å². The summed E-state index contributed by atoms with van der Waals surface area (Å²) in [4.78, 5) is 0. The molecule has 0 bridgehead atoms. The Morgan fingerprint density at radius 2 is 1.00 bits per heavy atom. The molecule has 0 saturated heterocycles. The van der Waals surface area contributed by atoms with Crippen LogP contribution in [-0.2, 0) is 0 Å². The Labute approximate surface area is 71.4 Å². The smallest absolute Gasteiger partial charge is 1.00 e. The second-order valence-electron chi connectivity index (χ2n) is 0.214. The average molecular weight is 240 g/mol. The van der Waals surface area contributed by atoms with Gasteiger partial charge in [0.05, 0.1) is 0 Å². The molecule has 7 heavy (non-hydrogen) atoms. The van der Waals surface area contributed by atoms with Crippen LogP contribution < -0.4 is 4.70 Å². The van der Waals surface area contributed by atoms with E-state index in [0.29, 0.717) is 0 Å². The molecule has 0 radical (unpaired) electrons. The first-order valence-electron chi connectivity index (χ1n) is 0.567. The fraction of sp³-hybridized carbons (Fsp3) is 0. The molecule has 0 rings (SSSR count). The van der Waals surface area contributed by atoms with Crippen molar-refractivity contribution < 1.29 is 17.9 Å². The van der Waals surface area contributed by atoms with Crippen LogP contribution in [-0.4, -0.2) is 23.1 Å². The van der Waals surface area contributed by atoms with Gasteiger partial charge in [-0.2, -0.15) is 0 Å². The predicted octanol–water partition coefficient (Wildman–Crippen LogP) is -1.42. The normalized spacial score (nSPS) is 5.14. The van der Waals surface area contributed by atoms with Gasteiger partial charge in [0.2, 0.25) is 0 Å². The van der Waals surface area contributed by atoms with Crippen molar-refractivity contribution in [1.29, 1.82) is 0 Å². The van der Waals surface area contributed by atoms with Crippen molar-refractivity contribution in [2.75, 3.05) is 0 Å². The van der Waals surface area contributed by atoms with Crippen molar-refractivity contribution in [2.24, 2.45) is 0 Å². The number of halogens is 5. The van der Waals surface area contributed by atoms with Gasteiger partial charge in [-0.15, -0.1) is 24.0 Å². The molecule has 0 N–H and O–H groups in total. The molecule has 0 aromatic heterocycles. The third-order valence-corrected chi connectivity index (χ3v) is 0. The van der Waals surface area contributed by atoms with E-state index in [1.165, 1.54) is 0 Å². The number of hydrogen-bond acceptors (Lipinski definition) is 0. The molecule has 0 aromatic carbocycles. The molecule has 0 aromatic rings. The molecule has 0 aliphatic rings. The van der Waals surface area contributed by atoms with Crippen LogP contribution in [0.1, 0.15) is 0 Å². The van der Waals surface area contributed by atoms with E-state index in [0.717, 1.165) is 0 Å². The van der Waals surface area contributed by atoms with Crippen LogP contribution in [0.2, 0.25) is 0 Å². The van der Waals surface area contributed by atoms with Crippen LogP contribution in [0.15, 0.2) is 0 Å². The minimum Gasteiger partial charge on any atom is -1.00 e. The largest absolute Gasteiger partial charge is 2.00 e. The zero-order valence-corrected chi connectivity index (χ0v) is 6.87. The molecule has 0 nitrogen and oxygen atoms in total. The molecular weight excluding hydrogens is 239 g/mol. The molecule has 0 fully saturated rings. The maximum atomic E-state index is 9.58. The summed E-state index contributed by atoms with van der Waals surface area (Å²) in [5, 5.41) is 0. The fourth-order valence-electron chi connectivity index (χ4n) is 0. The maximum Gasteiger partial charge on any atom is 2.00 e. The molecular formula is CHF4IMg. The van der Waals surface area contributed by atoms with Gasteiger partial charge in [0.25, 0.3) is 0 Å². The quantitative estimate of drug-likeness (QED) is 0.211. The summed E-state index contributed by atoms with van der Waals surface area (Å²) in [6, 6.07) is 0. The third kappa shape index (κ3) is 133. The van der Waals surface area contributed by atoms with Crippen molar-refractivity contribution >= 4 is 47.0 Å². The van der Waals surface area contributed by atoms with Crippen molar-refractivity contribution in [2.45, 2.75) is 0 Å². The number of rotatable bonds is 0. The van der Waals surface area contributed by atoms with Crippen molar-refractivity contribution in [3.05, 3.63) is 6.68 Å². The van der Waals surface area contributed by atoms with Crippen molar-refractivity contribution in [3.63, 3.8) is 0 Å². The monoisotopic (exact) mass is 240 g/mol. The first kappa shape index (κ1) is 24.1. The third-order valence-electron chi connectivity index (χ3n) is 0. The zero-order valence-electron chi connectivity index (χ0n) is 3.13. The van der Waals surface area contributed by atoms with Gasteiger partial charge < -0.3 is 17.9 Å². The van der Waals surface area contributed by atoms with E-state index in [4.69, 9.17) is 0 Å². The average Bonchev–Trinajstić information content (AvgIpc) is 0.811. The molecule has 0 atom stereocenters. The Morgan fingerprint density at radius 1 is 1.00 bits per heavy atom. The van der Waals surface area contributed by atoms with Gasteiger partial charge in [0, 0.05) is 0 Å². The molecule has 0 saturated carbocycles. The summed E-state index contributed by atoms with van der Waals surface area (Å²) in [5.74, 6) is 0. The summed E-state index contributed by atoms with van der Waals surface area (Å²) in [6.45, 7) is -3.08. The summed E-state index contributed by atoms with van der Waals surface area (Å²) in [7, 11) is 0. The Balaban J connectivity index is -0.0000000150. The van der Waals surface area contributed by atoms with Crippen molar-refractivity contribution in [3.8, 4) is 0 Å². The van der Waals surface area contributed by atoms with Gasteiger partial charge in [0.15, 0.2) is 6.68 Å². The predicted molar refractivity (Wildman–Crippen MR) is 27.7 cm³/mol. The second-order valence-corrected chi connectivity index (χ2v) is 0.214. The molecule has 0 heterocycles. The van der Waals surface area contributed by atoms with E-state index in [1.807, 2.05) is 0 Å². The molecule has 0 aliphatic carbocycles. The van der Waals surface area contributed by atoms with E-state index >= 15 is 0 Å².